The van der Waals surface area contributed by atoms with E-state index in [1.54, 1.807) is 6.92 Å². The lowest BCUT2D eigenvalue weighted by atomic mass is 10.0. The molecule has 17 heavy (non-hydrogen) atoms. The lowest BCUT2D eigenvalue weighted by molar-refractivity contribution is -0.150. The van der Waals surface area contributed by atoms with Crippen LogP contribution < -0.4 is 0 Å². The van der Waals surface area contributed by atoms with E-state index in [0.29, 0.717) is 0 Å². The summed E-state index contributed by atoms with van der Waals surface area (Å²) in [5.41, 5.74) is 0. The Bertz CT molecular complexity index is 258. The molecule has 0 aliphatic heterocycles. The van der Waals surface area contributed by atoms with E-state index in [1.807, 2.05) is 13.8 Å². The molecule has 0 aromatic carbocycles. The highest BCUT2D eigenvalue weighted by atomic mass is 35.5. The Morgan fingerprint density at radius 1 is 1.29 bits per heavy atom. The molecular weight excluding hydrogens is 246 g/mol. The Labute approximate surface area is 107 Å². The quantitative estimate of drug-likeness (QED) is 0.544. The van der Waals surface area contributed by atoms with Crippen molar-refractivity contribution in [3.8, 4) is 0 Å². The Hall–Kier alpha value is -0.970. The van der Waals surface area contributed by atoms with Gasteiger partial charge in [0.15, 0.2) is 0 Å². The zero-order valence-corrected chi connectivity index (χ0v) is 11.5. The fourth-order valence-electron chi connectivity index (χ4n) is 1.45. The van der Waals surface area contributed by atoms with Crippen LogP contribution >= 0.6 is 11.6 Å². The highest BCUT2D eigenvalue weighted by Crippen LogP contribution is 2.12. The summed E-state index contributed by atoms with van der Waals surface area (Å²) in [6.45, 7) is 5.81. The van der Waals surface area contributed by atoms with E-state index in [1.165, 1.54) is 11.9 Å². The van der Waals surface area contributed by atoms with E-state index >= 15 is 0 Å². The molecule has 0 aliphatic rings. The standard InChI is InChI=1S/C11H20ClNO4/c1-5-16-10(14)9(8(2)3)13(4)11(15)17-7-6-12/h8-9H,5-7H2,1-4H3. The van der Waals surface area contributed by atoms with Crippen LogP contribution in [0.2, 0.25) is 0 Å². The largest absolute Gasteiger partial charge is 0.464 e. The minimum Gasteiger partial charge on any atom is -0.464 e. The van der Waals surface area contributed by atoms with Crippen molar-refractivity contribution in [1.29, 1.82) is 0 Å². The van der Waals surface area contributed by atoms with Crippen LogP contribution in [0.15, 0.2) is 0 Å². The first-order valence-electron chi connectivity index (χ1n) is 5.57. The maximum atomic E-state index is 11.7. The summed E-state index contributed by atoms with van der Waals surface area (Å²) in [4.78, 5) is 24.5. The first kappa shape index (κ1) is 16.0. The van der Waals surface area contributed by atoms with Gasteiger partial charge in [-0.2, -0.15) is 0 Å². The van der Waals surface area contributed by atoms with Crippen molar-refractivity contribution in [2.24, 2.45) is 5.92 Å². The van der Waals surface area contributed by atoms with Crippen LogP contribution in [0.1, 0.15) is 20.8 Å². The summed E-state index contributed by atoms with van der Waals surface area (Å²) in [5.74, 6) is -0.249. The summed E-state index contributed by atoms with van der Waals surface area (Å²) in [6.07, 6.45) is -0.572. The third kappa shape index (κ3) is 5.26. The second-order valence-electron chi connectivity index (χ2n) is 3.86. The van der Waals surface area contributed by atoms with Gasteiger partial charge in [0.05, 0.1) is 12.5 Å². The van der Waals surface area contributed by atoms with E-state index < -0.39 is 18.1 Å². The number of hydrogen-bond donors (Lipinski definition) is 0. The molecule has 0 fully saturated rings. The van der Waals surface area contributed by atoms with Gasteiger partial charge in [0.25, 0.3) is 0 Å². The van der Waals surface area contributed by atoms with Crippen LogP contribution in [0, 0.1) is 5.92 Å². The molecule has 0 aromatic heterocycles. The summed E-state index contributed by atoms with van der Waals surface area (Å²) >= 11 is 5.42. The van der Waals surface area contributed by atoms with E-state index in [4.69, 9.17) is 21.1 Å². The third-order valence-corrected chi connectivity index (χ3v) is 2.32. The predicted octanol–water partition coefficient (Wildman–Crippen LogP) is 1.88. The number of likely N-dealkylation sites (N-methyl/N-ethyl adjacent to an activating group) is 1. The van der Waals surface area contributed by atoms with Crippen LogP contribution in [0.5, 0.6) is 0 Å². The van der Waals surface area contributed by atoms with Crippen molar-refractivity contribution in [2.45, 2.75) is 26.8 Å². The van der Waals surface area contributed by atoms with E-state index in [0.717, 1.165) is 0 Å². The summed E-state index contributed by atoms with van der Waals surface area (Å²) in [7, 11) is 1.51. The number of carbonyl (C=O) groups excluding carboxylic acids is 2. The highest BCUT2D eigenvalue weighted by Gasteiger charge is 2.31. The Morgan fingerprint density at radius 3 is 2.29 bits per heavy atom. The molecule has 1 amide bonds. The van der Waals surface area contributed by atoms with Gasteiger partial charge in [0.2, 0.25) is 0 Å². The number of hydrogen-bond acceptors (Lipinski definition) is 4. The molecular formula is C11H20ClNO4. The Balaban J connectivity index is 4.58. The van der Waals surface area contributed by atoms with Gasteiger partial charge < -0.3 is 9.47 Å². The average molecular weight is 266 g/mol. The molecule has 0 radical (unpaired) electrons. The van der Waals surface area contributed by atoms with Crippen molar-refractivity contribution < 1.29 is 19.1 Å². The molecule has 0 rings (SSSR count). The van der Waals surface area contributed by atoms with Gasteiger partial charge in [-0.15, -0.1) is 11.6 Å². The smallest absolute Gasteiger partial charge is 0.410 e. The van der Waals surface area contributed by atoms with Crippen molar-refractivity contribution >= 4 is 23.7 Å². The average Bonchev–Trinajstić information content (AvgIpc) is 2.25. The fourth-order valence-corrected chi connectivity index (χ4v) is 1.52. The van der Waals surface area contributed by atoms with Crippen LogP contribution in [-0.4, -0.2) is 49.1 Å². The molecule has 0 aliphatic carbocycles. The number of nitrogens with zero attached hydrogens (tertiary/aromatic N) is 1. The third-order valence-electron chi connectivity index (χ3n) is 2.17. The summed E-state index contributed by atoms with van der Waals surface area (Å²) in [5, 5.41) is 0. The Morgan fingerprint density at radius 2 is 1.88 bits per heavy atom. The normalized spacial score (nSPS) is 12.1. The SMILES string of the molecule is CCOC(=O)C(C(C)C)N(C)C(=O)OCCCl. The first-order chi connectivity index (χ1) is 7.95. The lowest BCUT2D eigenvalue weighted by Gasteiger charge is -2.28. The van der Waals surface area contributed by atoms with E-state index in [2.05, 4.69) is 0 Å². The lowest BCUT2D eigenvalue weighted by Crippen LogP contribution is -2.46. The number of amides is 1. The highest BCUT2D eigenvalue weighted by molar-refractivity contribution is 6.18. The second-order valence-corrected chi connectivity index (χ2v) is 4.23. The number of ether oxygens (including phenoxy) is 2. The number of carbonyl (C=O) groups is 2. The van der Waals surface area contributed by atoms with Crippen molar-refractivity contribution in [3.05, 3.63) is 0 Å². The molecule has 0 spiro atoms. The second kappa shape index (κ2) is 8.17. The molecule has 1 unspecified atom stereocenters. The fraction of sp³-hybridized carbons (Fsp3) is 0.818. The van der Waals surface area contributed by atoms with Crippen LogP contribution in [0.25, 0.3) is 0 Å². The zero-order chi connectivity index (χ0) is 13.4. The topological polar surface area (TPSA) is 55.8 Å². The number of rotatable bonds is 6. The maximum absolute atomic E-state index is 11.7. The van der Waals surface area contributed by atoms with Gasteiger partial charge in [-0.05, 0) is 12.8 Å². The molecule has 0 heterocycles. The van der Waals surface area contributed by atoms with Crippen molar-refractivity contribution in [2.75, 3.05) is 26.1 Å². The van der Waals surface area contributed by atoms with Crippen molar-refractivity contribution in [1.82, 2.24) is 4.90 Å². The maximum Gasteiger partial charge on any atom is 0.410 e. The number of halogens is 1. The predicted molar refractivity (Wildman–Crippen MR) is 65.1 cm³/mol. The monoisotopic (exact) mass is 265 g/mol. The van der Waals surface area contributed by atoms with Gasteiger partial charge in [-0.25, -0.2) is 9.59 Å². The van der Waals surface area contributed by atoms with Crippen LogP contribution in [0.3, 0.4) is 0 Å². The molecule has 0 N–H and O–H groups in total. The molecule has 6 heteroatoms. The molecule has 0 aromatic rings. The zero-order valence-electron chi connectivity index (χ0n) is 10.7. The molecule has 0 saturated heterocycles. The minimum atomic E-state index is -0.641. The van der Waals surface area contributed by atoms with Gasteiger partial charge in [0, 0.05) is 7.05 Å². The molecule has 0 saturated carbocycles. The summed E-state index contributed by atoms with van der Waals surface area (Å²) in [6, 6.07) is -0.641. The van der Waals surface area contributed by atoms with Gasteiger partial charge in [-0.3, -0.25) is 4.90 Å². The van der Waals surface area contributed by atoms with Crippen molar-refractivity contribution in [3.63, 3.8) is 0 Å². The van der Waals surface area contributed by atoms with Crippen LogP contribution in [-0.2, 0) is 14.3 Å². The van der Waals surface area contributed by atoms with Gasteiger partial charge in [0.1, 0.15) is 12.6 Å². The Kier molecular flexibility index (Phi) is 7.70. The molecule has 100 valence electrons. The van der Waals surface area contributed by atoms with E-state index in [9.17, 15) is 9.59 Å². The molecule has 5 nitrogen and oxygen atoms in total. The minimum absolute atomic E-state index is 0.0531. The number of esters is 1. The molecule has 1 atom stereocenters. The van der Waals surface area contributed by atoms with Gasteiger partial charge in [-0.1, -0.05) is 13.8 Å². The van der Waals surface area contributed by atoms with Crippen LogP contribution in [0.4, 0.5) is 4.79 Å². The number of alkyl halides is 1. The van der Waals surface area contributed by atoms with E-state index in [-0.39, 0.29) is 25.0 Å². The first-order valence-corrected chi connectivity index (χ1v) is 6.11. The summed E-state index contributed by atoms with van der Waals surface area (Å²) < 4.78 is 9.79. The molecule has 0 bridgehead atoms. The van der Waals surface area contributed by atoms with Gasteiger partial charge >= 0.3 is 12.1 Å².